The molecule has 0 spiro atoms. The fourth-order valence-corrected chi connectivity index (χ4v) is 3.49. The first kappa shape index (κ1) is 19.7. The first-order chi connectivity index (χ1) is 14.8. The molecule has 1 amide bonds. The molecule has 0 aliphatic carbocycles. The van der Waals surface area contributed by atoms with Crippen molar-refractivity contribution >= 4 is 5.91 Å². The van der Waals surface area contributed by atoms with E-state index < -0.39 is 0 Å². The second-order valence-electron chi connectivity index (χ2n) is 7.43. The van der Waals surface area contributed by atoms with Gasteiger partial charge in [0.2, 0.25) is 0 Å². The van der Waals surface area contributed by atoms with E-state index in [0.717, 1.165) is 18.4 Å². The summed E-state index contributed by atoms with van der Waals surface area (Å²) in [5, 5.41) is 3.01. The standard InChI is InChI=1S/C28H25NO/c30-28(27-19-13-23(14-20-27)12-11-22-7-3-1-4-8-22)29-21-24-15-17-26(18-16-24)25-9-5-2-6-10-25/h1-10,13-20H,11-12,21H2,(H,29,30). The van der Waals surface area contributed by atoms with Crippen LogP contribution in [0.3, 0.4) is 0 Å². The summed E-state index contributed by atoms with van der Waals surface area (Å²) in [6.45, 7) is 0.518. The Morgan fingerprint density at radius 2 is 1.03 bits per heavy atom. The number of hydrogen-bond donors (Lipinski definition) is 1. The number of amides is 1. The van der Waals surface area contributed by atoms with Crippen molar-refractivity contribution < 1.29 is 4.79 Å². The largest absolute Gasteiger partial charge is 0.348 e. The molecule has 0 unspecified atom stereocenters. The molecule has 0 heterocycles. The smallest absolute Gasteiger partial charge is 0.251 e. The number of rotatable bonds is 7. The summed E-state index contributed by atoms with van der Waals surface area (Å²) >= 11 is 0. The van der Waals surface area contributed by atoms with Gasteiger partial charge < -0.3 is 5.32 Å². The van der Waals surface area contributed by atoms with Gasteiger partial charge in [0, 0.05) is 12.1 Å². The first-order valence-corrected chi connectivity index (χ1v) is 10.3. The highest BCUT2D eigenvalue weighted by molar-refractivity contribution is 5.94. The molecule has 4 aromatic rings. The topological polar surface area (TPSA) is 29.1 Å². The lowest BCUT2D eigenvalue weighted by Crippen LogP contribution is -2.22. The van der Waals surface area contributed by atoms with Crippen LogP contribution in [0.4, 0.5) is 0 Å². The summed E-state index contributed by atoms with van der Waals surface area (Å²) in [7, 11) is 0. The lowest BCUT2D eigenvalue weighted by molar-refractivity contribution is 0.0951. The minimum atomic E-state index is -0.0447. The lowest BCUT2D eigenvalue weighted by Gasteiger charge is -2.08. The number of aryl methyl sites for hydroxylation is 2. The zero-order valence-electron chi connectivity index (χ0n) is 16.9. The maximum atomic E-state index is 12.5. The van der Waals surface area contributed by atoms with Crippen molar-refractivity contribution in [3.05, 3.63) is 131 Å². The molecule has 0 saturated carbocycles. The summed E-state index contributed by atoms with van der Waals surface area (Å²) in [4.78, 5) is 12.5. The minimum Gasteiger partial charge on any atom is -0.348 e. The SMILES string of the molecule is O=C(NCc1ccc(-c2ccccc2)cc1)c1ccc(CCc2ccccc2)cc1. The van der Waals surface area contributed by atoms with E-state index in [2.05, 4.69) is 66.0 Å². The number of carbonyl (C=O) groups is 1. The van der Waals surface area contributed by atoms with Gasteiger partial charge in [0.05, 0.1) is 0 Å². The lowest BCUT2D eigenvalue weighted by atomic mass is 10.0. The first-order valence-electron chi connectivity index (χ1n) is 10.3. The van der Waals surface area contributed by atoms with Crippen LogP contribution in [0.15, 0.2) is 109 Å². The Balaban J connectivity index is 1.29. The second-order valence-corrected chi connectivity index (χ2v) is 7.43. The molecule has 0 bridgehead atoms. The summed E-state index contributed by atoms with van der Waals surface area (Å²) < 4.78 is 0. The predicted molar refractivity (Wildman–Crippen MR) is 123 cm³/mol. The molecular weight excluding hydrogens is 366 g/mol. The normalized spacial score (nSPS) is 10.5. The molecule has 30 heavy (non-hydrogen) atoms. The van der Waals surface area contributed by atoms with Gasteiger partial charge in [0.25, 0.3) is 5.91 Å². The molecule has 4 rings (SSSR count). The van der Waals surface area contributed by atoms with E-state index in [1.54, 1.807) is 0 Å². The summed E-state index contributed by atoms with van der Waals surface area (Å²) in [6.07, 6.45) is 1.98. The molecule has 2 nitrogen and oxygen atoms in total. The summed E-state index contributed by atoms with van der Waals surface area (Å²) in [6, 6.07) is 37.0. The molecule has 148 valence electrons. The Morgan fingerprint density at radius 1 is 0.533 bits per heavy atom. The molecule has 1 N–H and O–H groups in total. The van der Waals surface area contributed by atoms with Crippen molar-refractivity contribution in [1.82, 2.24) is 5.32 Å². The predicted octanol–water partition coefficient (Wildman–Crippen LogP) is 6.07. The van der Waals surface area contributed by atoms with E-state index in [1.165, 1.54) is 22.3 Å². The van der Waals surface area contributed by atoms with E-state index >= 15 is 0 Å². The van der Waals surface area contributed by atoms with E-state index in [-0.39, 0.29) is 5.91 Å². The third-order valence-electron chi connectivity index (χ3n) is 5.28. The Morgan fingerprint density at radius 3 is 1.67 bits per heavy atom. The highest BCUT2D eigenvalue weighted by atomic mass is 16.1. The fraction of sp³-hybridized carbons (Fsp3) is 0.107. The van der Waals surface area contributed by atoms with Gasteiger partial charge in [-0.3, -0.25) is 4.79 Å². The Hall–Kier alpha value is -3.65. The van der Waals surface area contributed by atoms with Crippen LogP contribution in [-0.2, 0) is 19.4 Å². The van der Waals surface area contributed by atoms with Gasteiger partial charge in [-0.15, -0.1) is 0 Å². The van der Waals surface area contributed by atoms with Crippen molar-refractivity contribution in [3.8, 4) is 11.1 Å². The summed E-state index contributed by atoms with van der Waals surface area (Å²) in [5.41, 5.74) is 6.73. The molecule has 0 atom stereocenters. The maximum Gasteiger partial charge on any atom is 0.251 e. The highest BCUT2D eigenvalue weighted by Gasteiger charge is 2.06. The number of nitrogens with one attached hydrogen (secondary N) is 1. The average molecular weight is 392 g/mol. The van der Waals surface area contributed by atoms with Crippen molar-refractivity contribution in [1.29, 1.82) is 0 Å². The van der Waals surface area contributed by atoms with Gasteiger partial charge in [-0.2, -0.15) is 0 Å². The van der Waals surface area contributed by atoms with Crippen molar-refractivity contribution in [3.63, 3.8) is 0 Å². The molecule has 0 saturated heterocycles. The highest BCUT2D eigenvalue weighted by Crippen LogP contribution is 2.19. The van der Waals surface area contributed by atoms with Gasteiger partial charge in [-0.25, -0.2) is 0 Å². The second kappa shape index (κ2) is 9.71. The van der Waals surface area contributed by atoms with Gasteiger partial charge in [0.15, 0.2) is 0 Å². The minimum absolute atomic E-state index is 0.0447. The zero-order chi connectivity index (χ0) is 20.6. The van der Waals surface area contributed by atoms with E-state index in [9.17, 15) is 4.79 Å². The van der Waals surface area contributed by atoms with Crippen LogP contribution in [0.1, 0.15) is 27.0 Å². The van der Waals surface area contributed by atoms with Crippen LogP contribution in [-0.4, -0.2) is 5.91 Å². The van der Waals surface area contributed by atoms with E-state index in [0.29, 0.717) is 12.1 Å². The molecule has 0 aromatic heterocycles. The van der Waals surface area contributed by atoms with Crippen LogP contribution in [0.25, 0.3) is 11.1 Å². The Kier molecular flexibility index (Phi) is 6.36. The van der Waals surface area contributed by atoms with Crippen LogP contribution >= 0.6 is 0 Å². The van der Waals surface area contributed by atoms with Gasteiger partial charge >= 0.3 is 0 Å². The van der Waals surface area contributed by atoms with E-state index in [1.807, 2.05) is 48.5 Å². The van der Waals surface area contributed by atoms with E-state index in [4.69, 9.17) is 0 Å². The summed E-state index contributed by atoms with van der Waals surface area (Å²) in [5.74, 6) is -0.0447. The maximum absolute atomic E-state index is 12.5. The van der Waals surface area contributed by atoms with Crippen LogP contribution in [0, 0.1) is 0 Å². The van der Waals surface area contributed by atoms with Crippen molar-refractivity contribution in [2.75, 3.05) is 0 Å². The van der Waals surface area contributed by atoms with Gasteiger partial charge in [-0.1, -0.05) is 97.1 Å². The molecule has 4 aromatic carbocycles. The molecule has 0 radical (unpaired) electrons. The fourth-order valence-electron chi connectivity index (χ4n) is 3.49. The van der Waals surface area contributed by atoms with Gasteiger partial charge in [0.1, 0.15) is 0 Å². The zero-order valence-corrected chi connectivity index (χ0v) is 16.9. The molecule has 2 heteroatoms. The van der Waals surface area contributed by atoms with Crippen LogP contribution in [0.2, 0.25) is 0 Å². The number of benzene rings is 4. The Bertz CT molecular complexity index is 1070. The average Bonchev–Trinajstić information content (AvgIpc) is 2.83. The van der Waals surface area contributed by atoms with Crippen molar-refractivity contribution in [2.24, 2.45) is 0 Å². The monoisotopic (exact) mass is 391 g/mol. The molecule has 0 fully saturated rings. The molecular formula is C28H25NO. The van der Waals surface area contributed by atoms with Crippen LogP contribution in [0.5, 0.6) is 0 Å². The number of hydrogen-bond acceptors (Lipinski definition) is 1. The van der Waals surface area contributed by atoms with Crippen LogP contribution < -0.4 is 5.32 Å². The number of carbonyl (C=O) groups excluding carboxylic acids is 1. The Labute approximate surface area is 178 Å². The molecule has 0 aliphatic rings. The third-order valence-corrected chi connectivity index (χ3v) is 5.28. The quantitative estimate of drug-likeness (QED) is 0.407. The third kappa shape index (κ3) is 5.24. The van der Waals surface area contributed by atoms with Gasteiger partial charge in [-0.05, 0) is 52.8 Å². The van der Waals surface area contributed by atoms with Crippen molar-refractivity contribution in [2.45, 2.75) is 19.4 Å². The molecule has 0 aliphatic heterocycles.